The summed E-state index contributed by atoms with van der Waals surface area (Å²) in [7, 11) is 0. The molecule has 4 nitrogen and oxygen atoms in total. The fourth-order valence-electron chi connectivity index (χ4n) is 1.76. The summed E-state index contributed by atoms with van der Waals surface area (Å²) in [5, 5.41) is 3.34. The Balaban J connectivity index is 2.18. The van der Waals surface area contributed by atoms with Crippen LogP contribution in [0, 0.1) is 0 Å². The molecule has 0 aromatic carbocycles. The lowest BCUT2D eigenvalue weighted by molar-refractivity contribution is 0.455. The molecule has 0 saturated carbocycles. The number of hydrogen-bond acceptors (Lipinski definition) is 4. The Morgan fingerprint density at radius 1 is 1.38 bits per heavy atom. The van der Waals surface area contributed by atoms with E-state index in [4.69, 9.17) is 5.73 Å². The first-order chi connectivity index (χ1) is 6.38. The predicted molar refractivity (Wildman–Crippen MR) is 51.3 cm³/mol. The highest BCUT2D eigenvalue weighted by Crippen LogP contribution is 2.23. The number of nitrogen functional groups attached to an aromatic ring is 1. The van der Waals surface area contributed by atoms with Gasteiger partial charge in [-0.2, -0.15) is 0 Å². The highest BCUT2D eigenvalue weighted by molar-refractivity contribution is 5.36. The lowest BCUT2D eigenvalue weighted by Crippen LogP contribution is -2.29. The van der Waals surface area contributed by atoms with Crippen LogP contribution in [0.5, 0.6) is 0 Å². The predicted octanol–water partition coefficient (Wildman–Crippen LogP) is 0.526. The Hall–Kier alpha value is -1.16. The third-order valence-corrected chi connectivity index (χ3v) is 2.44. The van der Waals surface area contributed by atoms with Gasteiger partial charge < -0.3 is 11.1 Å². The van der Waals surface area contributed by atoms with E-state index in [1.165, 1.54) is 6.42 Å². The van der Waals surface area contributed by atoms with E-state index in [0.29, 0.717) is 11.7 Å². The standard InChI is InChI=1S/C9H14N4/c10-9-8(12-4-5-13-9)7-2-1-3-11-6-7/h4-5,7,11H,1-3,6H2,(H2,10,13)/t7-/m1/s1. The Morgan fingerprint density at radius 3 is 2.92 bits per heavy atom. The first kappa shape index (κ1) is 8.44. The van der Waals surface area contributed by atoms with Gasteiger partial charge in [0.1, 0.15) is 5.82 Å². The number of nitrogens with two attached hydrogens (primary N) is 1. The molecular formula is C9H14N4. The van der Waals surface area contributed by atoms with E-state index in [9.17, 15) is 0 Å². The van der Waals surface area contributed by atoms with E-state index in [-0.39, 0.29) is 0 Å². The van der Waals surface area contributed by atoms with Gasteiger partial charge in [-0.1, -0.05) is 0 Å². The Bertz CT molecular complexity index is 281. The van der Waals surface area contributed by atoms with Crippen molar-refractivity contribution in [3.05, 3.63) is 18.1 Å². The summed E-state index contributed by atoms with van der Waals surface area (Å²) in [6, 6.07) is 0. The molecule has 4 heteroatoms. The third kappa shape index (κ3) is 1.78. The molecule has 0 bridgehead atoms. The topological polar surface area (TPSA) is 63.8 Å². The molecule has 70 valence electrons. The number of anilines is 1. The summed E-state index contributed by atoms with van der Waals surface area (Å²) in [5.74, 6) is 1.03. The van der Waals surface area contributed by atoms with E-state index in [1.807, 2.05) is 0 Å². The van der Waals surface area contributed by atoms with Crippen LogP contribution in [-0.4, -0.2) is 23.1 Å². The molecule has 1 aromatic rings. The van der Waals surface area contributed by atoms with Gasteiger partial charge in [0.05, 0.1) is 5.69 Å². The molecular weight excluding hydrogens is 164 g/mol. The van der Waals surface area contributed by atoms with Crippen molar-refractivity contribution in [3.63, 3.8) is 0 Å². The molecule has 2 rings (SSSR count). The number of rotatable bonds is 1. The molecule has 1 aliphatic heterocycles. The quantitative estimate of drug-likeness (QED) is 0.658. The number of aromatic nitrogens is 2. The van der Waals surface area contributed by atoms with Crippen LogP contribution in [0.3, 0.4) is 0 Å². The lowest BCUT2D eigenvalue weighted by atomic mass is 9.96. The van der Waals surface area contributed by atoms with Crippen LogP contribution in [0.1, 0.15) is 24.5 Å². The Labute approximate surface area is 77.6 Å². The monoisotopic (exact) mass is 178 g/mol. The van der Waals surface area contributed by atoms with E-state index in [0.717, 1.165) is 25.2 Å². The van der Waals surface area contributed by atoms with Crippen molar-refractivity contribution >= 4 is 5.82 Å². The molecule has 0 amide bonds. The SMILES string of the molecule is Nc1nccnc1[C@@H]1CCCNC1. The number of hydrogen-bond donors (Lipinski definition) is 2. The van der Waals surface area contributed by atoms with Crippen molar-refractivity contribution in [1.29, 1.82) is 0 Å². The normalized spacial score (nSPS) is 22.9. The maximum absolute atomic E-state index is 5.75. The molecule has 1 aliphatic rings. The van der Waals surface area contributed by atoms with Crippen molar-refractivity contribution in [2.75, 3.05) is 18.8 Å². The first-order valence-electron chi connectivity index (χ1n) is 4.65. The Morgan fingerprint density at radius 2 is 2.23 bits per heavy atom. The van der Waals surface area contributed by atoms with Crippen molar-refractivity contribution < 1.29 is 0 Å². The van der Waals surface area contributed by atoms with Gasteiger partial charge in [0.25, 0.3) is 0 Å². The second-order valence-electron chi connectivity index (χ2n) is 3.37. The number of piperidine rings is 1. The van der Waals surface area contributed by atoms with Gasteiger partial charge in [0.15, 0.2) is 0 Å². The molecule has 0 radical (unpaired) electrons. The van der Waals surface area contributed by atoms with Gasteiger partial charge in [-0.3, -0.25) is 4.98 Å². The van der Waals surface area contributed by atoms with Gasteiger partial charge in [0, 0.05) is 24.9 Å². The molecule has 13 heavy (non-hydrogen) atoms. The van der Waals surface area contributed by atoms with Crippen LogP contribution >= 0.6 is 0 Å². The molecule has 0 unspecified atom stereocenters. The summed E-state index contributed by atoms with van der Waals surface area (Å²) in [6.07, 6.45) is 5.70. The van der Waals surface area contributed by atoms with Crippen LogP contribution in [0.25, 0.3) is 0 Å². The largest absolute Gasteiger partial charge is 0.382 e. The van der Waals surface area contributed by atoms with Crippen LogP contribution in [0.4, 0.5) is 5.82 Å². The summed E-state index contributed by atoms with van der Waals surface area (Å²) >= 11 is 0. The zero-order valence-corrected chi connectivity index (χ0v) is 7.53. The lowest BCUT2D eigenvalue weighted by Gasteiger charge is -2.22. The minimum atomic E-state index is 0.447. The van der Waals surface area contributed by atoms with Crippen LogP contribution in [-0.2, 0) is 0 Å². The van der Waals surface area contributed by atoms with Crippen molar-refractivity contribution in [2.24, 2.45) is 0 Å². The molecule has 1 aromatic heterocycles. The van der Waals surface area contributed by atoms with E-state index in [1.54, 1.807) is 12.4 Å². The molecule has 2 heterocycles. The minimum Gasteiger partial charge on any atom is -0.382 e. The zero-order valence-electron chi connectivity index (χ0n) is 7.53. The fraction of sp³-hybridized carbons (Fsp3) is 0.556. The van der Waals surface area contributed by atoms with Crippen LogP contribution in [0.2, 0.25) is 0 Å². The van der Waals surface area contributed by atoms with Crippen molar-refractivity contribution in [2.45, 2.75) is 18.8 Å². The highest BCUT2D eigenvalue weighted by atomic mass is 14.9. The minimum absolute atomic E-state index is 0.447. The second-order valence-corrected chi connectivity index (χ2v) is 3.37. The fourth-order valence-corrected chi connectivity index (χ4v) is 1.76. The third-order valence-electron chi connectivity index (χ3n) is 2.44. The van der Waals surface area contributed by atoms with Gasteiger partial charge in [-0.15, -0.1) is 0 Å². The first-order valence-corrected chi connectivity index (χ1v) is 4.65. The second kappa shape index (κ2) is 3.70. The van der Waals surface area contributed by atoms with Gasteiger partial charge in [-0.25, -0.2) is 4.98 Å². The Kier molecular flexibility index (Phi) is 2.40. The molecule has 1 atom stereocenters. The van der Waals surface area contributed by atoms with Crippen LogP contribution in [0.15, 0.2) is 12.4 Å². The van der Waals surface area contributed by atoms with Gasteiger partial charge in [-0.05, 0) is 19.4 Å². The number of nitrogens with zero attached hydrogens (tertiary/aromatic N) is 2. The van der Waals surface area contributed by atoms with Gasteiger partial charge in [0.2, 0.25) is 0 Å². The van der Waals surface area contributed by atoms with Crippen molar-refractivity contribution in [3.8, 4) is 0 Å². The van der Waals surface area contributed by atoms with E-state index >= 15 is 0 Å². The zero-order chi connectivity index (χ0) is 9.10. The average molecular weight is 178 g/mol. The summed E-state index contributed by atoms with van der Waals surface area (Å²) in [4.78, 5) is 8.32. The highest BCUT2D eigenvalue weighted by Gasteiger charge is 2.18. The molecule has 1 saturated heterocycles. The van der Waals surface area contributed by atoms with Gasteiger partial charge >= 0.3 is 0 Å². The maximum Gasteiger partial charge on any atom is 0.145 e. The average Bonchev–Trinajstić information content (AvgIpc) is 2.20. The summed E-state index contributed by atoms with van der Waals surface area (Å²) < 4.78 is 0. The molecule has 3 N–H and O–H groups in total. The summed E-state index contributed by atoms with van der Waals surface area (Å²) in [5.41, 5.74) is 6.70. The van der Waals surface area contributed by atoms with E-state index < -0.39 is 0 Å². The molecule has 1 fully saturated rings. The smallest absolute Gasteiger partial charge is 0.145 e. The molecule has 0 spiro atoms. The van der Waals surface area contributed by atoms with E-state index in [2.05, 4.69) is 15.3 Å². The van der Waals surface area contributed by atoms with Crippen molar-refractivity contribution in [1.82, 2.24) is 15.3 Å². The number of nitrogens with one attached hydrogen (secondary N) is 1. The maximum atomic E-state index is 5.75. The molecule has 0 aliphatic carbocycles. The van der Waals surface area contributed by atoms with Crippen LogP contribution < -0.4 is 11.1 Å². The summed E-state index contributed by atoms with van der Waals surface area (Å²) in [6.45, 7) is 2.08.